The lowest BCUT2D eigenvalue weighted by Crippen LogP contribution is -2.36. The van der Waals surface area contributed by atoms with E-state index in [0.717, 1.165) is 38.9 Å². The molecule has 3 rings (SSSR count). The third-order valence-electron chi connectivity index (χ3n) is 4.72. The van der Waals surface area contributed by atoms with Gasteiger partial charge in [0.2, 0.25) is 5.91 Å². The Morgan fingerprint density at radius 1 is 1.26 bits per heavy atom. The Labute approximate surface area is 151 Å². The minimum atomic E-state index is 0. The molecule has 1 N–H and O–H groups in total. The van der Waals surface area contributed by atoms with E-state index in [9.17, 15) is 4.79 Å². The van der Waals surface area contributed by atoms with Crippen LogP contribution in [-0.2, 0) is 4.79 Å². The van der Waals surface area contributed by atoms with Gasteiger partial charge in [0, 0.05) is 32.9 Å². The quantitative estimate of drug-likeness (QED) is 0.901. The standard InChI is InChI=1S/C17H25N3O.2ClH/c1-19(2)15-6-3-5-13(11-15)16-7-4-10-20(16)17(21)14-8-9-18-12-14;;/h3,5-6,11,14,16,18H,4,7-10,12H2,1-2H3;2*1H. The minimum absolute atomic E-state index is 0. The van der Waals surface area contributed by atoms with Crippen LogP contribution in [0, 0.1) is 5.92 Å². The smallest absolute Gasteiger partial charge is 0.227 e. The molecule has 6 heteroatoms. The lowest BCUT2D eigenvalue weighted by Gasteiger charge is -2.28. The van der Waals surface area contributed by atoms with Gasteiger partial charge in [0.15, 0.2) is 0 Å². The van der Waals surface area contributed by atoms with Crippen molar-refractivity contribution < 1.29 is 4.79 Å². The van der Waals surface area contributed by atoms with E-state index in [-0.39, 0.29) is 36.8 Å². The number of halogens is 2. The number of benzene rings is 1. The second kappa shape index (κ2) is 8.76. The number of hydrogen-bond donors (Lipinski definition) is 1. The molecule has 23 heavy (non-hydrogen) atoms. The van der Waals surface area contributed by atoms with Crippen LogP contribution in [0.25, 0.3) is 0 Å². The number of nitrogens with one attached hydrogen (secondary N) is 1. The van der Waals surface area contributed by atoms with Gasteiger partial charge in [0.1, 0.15) is 0 Å². The van der Waals surface area contributed by atoms with E-state index in [1.165, 1.54) is 11.3 Å². The first-order valence-corrected chi connectivity index (χ1v) is 7.95. The summed E-state index contributed by atoms with van der Waals surface area (Å²) in [5.74, 6) is 0.528. The molecule has 2 atom stereocenters. The van der Waals surface area contributed by atoms with Gasteiger partial charge in [-0.2, -0.15) is 0 Å². The molecule has 0 radical (unpaired) electrons. The number of amides is 1. The number of anilines is 1. The maximum Gasteiger partial charge on any atom is 0.227 e. The molecule has 2 aliphatic rings. The van der Waals surface area contributed by atoms with E-state index in [0.29, 0.717) is 5.91 Å². The van der Waals surface area contributed by atoms with Crippen molar-refractivity contribution in [1.29, 1.82) is 0 Å². The fraction of sp³-hybridized carbons (Fsp3) is 0.588. The normalized spacial score (nSPS) is 23.1. The first kappa shape index (κ1) is 20.1. The Hall–Kier alpha value is -0.970. The summed E-state index contributed by atoms with van der Waals surface area (Å²) in [6.07, 6.45) is 3.19. The second-order valence-electron chi connectivity index (χ2n) is 6.37. The van der Waals surface area contributed by atoms with Gasteiger partial charge < -0.3 is 15.1 Å². The largest absolute Gasteiger partial charge is 0.378 e. The van der Waals surface area contributed by atoms with Gasteiger partial charge in [0.05, 0.1) is 12.0 Å². The average Bonchev–Trinajstić information content (AvgIpc) is 3.18. The number of carbonyl (C=O) groups excluding carboxylic acids is 1. The lowest BCUT2D eigenvalue weighted by atomic mass is 10.0. The van der Waals surface area contributed by atoms with Crippen molar-refractivity contribution in [2.45, 2.75) is 25.3 Å². The summed E-state index contributed by atoms with van der Waals surface area (Å²) in [4.78, 5) is 17.0. The molecule has 2 aliphatic heterocycles. The molecular formula is C17H27Cl2N3O. The highest BCUT2D eigenvalue weighted by atomic mass is 35.5. The molecule has 2 heterocycles. The van der Waals surface area contributed by atoms with E-state index in [1.54, 1.807) is 0 Å². The van der Waals surface area contributed by atoms with Crippen LogP contribution in [0.3, 0.4) is 0 Å². The van der Waals surface area contributed by atoms with Crippen LogP contribution in [0.4, 0.5) is 5.69 Å². The molecule has 2 saturated heterocycles. The van der Waals surface area contributed by atoms with Crippen LogP contribution in [0.2, 0.25) is 0 Å². The third-order valence-corrected chi connectivity index (χ3v) is 4.72. The van der Waals surface area contributed by atoms with Crippen LogP contribution in [0.15, 0.2) is 24.3 Å². The fourth-order valence-corrected chi connectivity index (χ4v) is 3.49. The van der Waals surface area contributed by atoms with Crippen molar-refractivity contribution in [1.82, 2.24) is 10.2 Å². The summed E-state index contributed by atoms with van der Waals surface area (Å²) >= 11 is 0. The van der Waals surface area contributed by atoms with Crippen molar-refractivity contribution in [3.05, 3.63) is 29.8 Å². The SMILES string of the molecule is CN(C)c1cccc(C2CCCN2C(=O)C2CCNC2)c1.Cl.Cl. The first-order valence-electron chi connectivity index (χ1n) is 7.95. The molecule has 0 aromatic heterocycles. The lowest BCUT2D eigenvalue weighted by molar-refractivity contribution is -0.135. The zero-order valence-electron chi connectivity index (χ0n) is 13.8. The average molecular weight is 360 g/mol. The van der Waals surface area contributed by atoms with Crippen molar-refractivity contribution in [2.24, 2.45) is 5.92 Å². The molecule has 0 bridgehead atoms. The van der Waals surface area contributed by atoms with E-state index in [1.807, 2.05) is 0 Å². The van der Waals surface area contributed by atoms with Gasteiger partial charge in [0.25, 0.3) is 0 Å². The van der Waals surface area contributed by atoms with Crippen LogP contribution in [-0.4, -0.2) is 44.5 Å². The van der Waals surface area contributed by atoms with Crippen LogP contribution in [0.1, 0.15) is 30.9 Å². The molecule has 0 saturated carbocycles. The van der Waals surface area contributed by atoms with E-state index in [2.05, 4.69) is 53.5 Å². The van der Waals surface area contributed by atoms with Crippen molar-refractivity contribution in [2.75, 3.05) is 38.6 Å². The van der Waals surface area contributed by atoms with Crippen molar-refractivity contribution >= 4 is 36.4 Å². The summed E-state index contributed by atoms with van der Waals surface area (Å²) in [7, 11) is 4.11. The Balaban J connectivity index is 0.00000132. The summed E-state index contributed by atoms with van der Waals surface area (Å²) in [5.41, 5.74) is 2.48. The van der Waals surface area contributed by atoms with Crippen molar-refractivity contribution in [3.8, 4) is 0 Å². The molecule has 1 aromatic rings. The molecule has 2 unspecified atom stereocenters. The molecular weight excluding hydrogens is 333 g/mol. The number of likely N-dealkylation sites (tertiary alicyclic amines) is 1. The Bertz CT molecular complexity index is 518. The maximum absolute atomic E-state index is 12.7. The van der Waals surface area contributed by atoms with E-state index >= 15 is 0 Å². The highest BCUT2D eigenvalue weighted by Crippen LogP contribution is 2.35. The summed E-state index contributed by atoms with van der Waals surface area (Å²) < 4.78 is 0. The molecule has 1 aromatic carbocycles. The van der Waals surface area contributed by atoms with Gasteiger partial charge >= 0.3 is 0 Å². The molecule has 0 aliphatic carbocycles. The maximum atomic E-state index is 12.7. The van der Waals surface area contributed by atoms with Gasteiger partial charge in [-0.25, -0.2) is 0 Å². The molecule has 2 fully saturated rings. The summed E-state index contributed by atoms with van der Waals surface area (Å²) in [5, 5.41) is 3.30. The Kier molecular flexibility index (Phi) is 7.65. The Morgan fingerprint density at radius 2 is 2.04 bits per heavy atom. The monoisotopic (exact) mass is 359 g/mol. The summed E-state index contributed by atoms with van der Waals surface area (Å²) in [6, 6.07) is 8.87. The zero-order chi connectivity index (χ0) is 14.8. The highest BCUT2D eigenvalue weighted by Gasteiger charge is 2.35. The predicted molar refractivity (Wildman–Crippen MR) is 99.9 cm³/mol. The molecule has 1 amide bonds. The van der Waals surface area contributed by atoms with Gasteiger partial charge in [-0.15, -0.1) is 24.8 Å². The number of carbonyl (C=O) groups is 1. The van der Waals surface area contributed by atoms with Crippen LogP contribution >= 0.6 is 24.8 Å². The molecule has 0 spiro atoms. The number of hydrogen-bond acceptors (Lipinski definition) is 3. The van der Waals surface area contributed by atoms with Crippen molar-refractivity contribution in [3.63, 3.8) is 0 Å². The molecule has 4 nitrogen and oxygen atoms in total. The summed E-state index contributed by atoms with van der Waals surface area (Å²) in [6.45, 7) is 2.73. The molecule has 130 valence electrons. The van der Waals surface area contributed by atoms with E-state index < -0.39 is 0 Å². The predicted octanol–water partition coefficient (Wildman–Crippen LogP) is 2.87. The topological polar surface area (TPSA) is 35.6 Å². The van der Waals surface area contributed by atoms with Crippen LogP contribution < -0.4 is 10.2 Å². The first-order chi connectivity index (χ1) is 10.2. The van der Waals surface area contributed by atoms with Gasteiger partial charge in [-0.3, -0.25) is 4.79 Å². The number of rotatable bonds is 3. The van der Waals surface area contributed by atoms with Crippen LogP contribution in [0.5, 0.6) is 0 Å². The fourth-order valence-electron chi connectivity index (χ4n) is 3.49. The Morgan fingerprint density at radius 3 is 2.70 bits per heavy atom. The van der Waals surface area contributed by atoms with E-state index in [4.69, 9.17) is 0 Å². The minimum Gasteiger partial charge on any atom is -0.378 e. The van der Waals surface area contributed by atoms with Gasteiger partial charge in [-0.05, 0) is 43.5 Å². The highest BCUT2D eigenvalue weighted by molar-refractivity contribution is 5.85. The number of nitrogens with zero attached hydrogens (tertiary/aromatic N) is 2. The van der Waals surface area contributed by atoms with Gasteiger partial charge in [-0.1, -0.05) is 12.1 Å². The second-order valence-corrected chi connectivity index (χ2v) is 6.37. The third kappa shape index (κ3) is 4.31. The zero-order valence-corrected chi connectivity index (χ0v) is 15.5.